The van der Waals surface area contributed by atoms with Gasteiger partial charge in [-0.3, -0.25) is 14.4 Å². The van der Waals surface area contributed by atoms with Gasteiger partial charge in [0, 0.05) is 69.0 Å². The van der Waals surface area contributed by atoms with Crippen molar-refractivity contribution in [3.8, 4) is 22.5 Å². The molecule has 10 heteroatoms. The molecule has 1 aliphatic carbocycles. The fourth-order valence-electron chi connectivity index (χ4n) is 6.00. The summed E-state index contributed by atoms with van der Waals surface area (Å²) in [7, 11) is 2.10. The first-order valence-electron chi connectivity index (χ1n) is 14.3. The van der Waals surface area contributed by atoms with Crippen molar-refractivity contribution in [2.75, 3.05) is 38.0 Å². The van der Waals surface area contributed by atoms with E-state index >= 15 is 0 Å². The Morgan fingerprint density at radius 2 is 1.93 bits per heavy atom. The van der Waals surface area contributed by atoms with Crippen LogP contribution in [0.1, 0.15) is 37.8 Å². The van der Waals surface area contributed by atoms with Gasteiger partial charge in [0.2, 0.25) is 11.9 Å². The van der Waals surface area contributed by atoms with Gasteiger partial charge >= 0.3 is 0 Å². The highest BCUT2D eigenvalue weighted by atomic mass is 16.3. The highest BCUT2D eigenvalue weighted by Gasteiger charge is 2.30. The lowest BCUT2D eigenvalue weighted by atomic mass is 9.83. The van der Waals surface area contributed by atoms with Crippen molar-refractivity contribution in [3.05, 3.63) is 66.1 Å². The number of carbonyl (C=O) groups is 1. The molecule has 1 atom stereocenters. The number of hydrogen-bond acceptors (Lipinski definition) is 7. The second kappa shape index (κ2) is 10.8. The second-order valence-corrected chi connectivity index (χ2v) is 12.0. The maximum absolute atomic E-state index is 12.5. The van der Waals surface area contributed by atoms with Gasteiger partial charge < -0.3 is 19.9 Å². The summed E-state index contributed by atoms with van der Waals surface area (Å²) in [6, 6.07) is 12.4. The van der Waals surface area contributed by atoms with E-state index in [4.69, 9.17) is 4.98 Å². The van der Waals surface area contributed by atoms with E-state index in [0.29, 0.717) is 43.9 Å². The predicted octanol–water partition coefficient (Wildman–Crippen LogP) is 3.66. The van der Waals surface area contributed by atoms with Crippen LogP contribution >= 0.6 is 0 Å². The minimum Gasteiger partial charge on any atom is -0.389 e. The summed E-state index contributed by atoms with van der Waals surface area (Å²) in [6.45, 7) is 9.19. The zero-order chi connectivity index (χ0) is 28.7. The quantitative estimate of drug-likeness (QED) is 0.343. The molecule has 6 rings (SSSR count). The molecule has 0 radical (unpaired) electrons. The average molecular weight is 555 g/mol. The number of fused-ring (bicyclic) bond motifs is 3. The Morgan fingerprint density at radius 1 is 1.12 bits per heavy atom. The van der Waals surface area contributed by atoms with Crippen LogP contribution in [0.25, 0.3) is 22.5 Å². The Morgan fingerprint density at radius 3 is 2.68 bits per heavy atom. The first-order chi connectivity index (χ1) is 19.6. The van der Waals surface area contributed by atoms with Crippen LogP contribution in [-0.4, -0.2) is 83.5 Å². The van der Waals surface area contributed by atoms with E-state index in [0.717, 1.165) is 30.8 Å². The minimum absolute atomic E-state index is 0.0528. The molecule has 0 saturated carbocycles. The highest BCUT2D eigenvalue weighted by molar-refractivity contribution is 5.86. The third-order valence-electron chi connectivity index (χ3n) is 7.92. The molecule has 1 saturated heterocycles. The lowest BCUT2D eigenvalue weighted by molar-refractivity contribution is -0.139. The minimum atomic E-state index is -0.885. The number of rotatable bonds is 8. The monoisotopic (exact) mass is 554 g/mol. The van der Waals surface area contributed by atoms with Crippen molar-refractivity contribution < 1.29 is 9.90 Å². The fourth-order valence-corrected chi connectivity index (χ4v) is 6.00. The van der Waals surface area contributed by atoms with Gasteiger partial charge in [0.1, 0.15) is 0 Å². The van der Waals surface area contributed by atoms with Crippen molar-refractivity contribution in [2.24, 2.45) is 7.05 Å². The van der Waals surface area contributed by atoms with Crippen LogP contribution in [0.4, 0.5) is 11.8 Å². The number of anilines is 2. The largest absolute Gasteiger partial charge is 0.389 e. The fraction of sp³-hybridized carbons (Fsp3) is 0.419. The lowest BCUT2D eigenvalue weighted by Gasteiger charge is -2.37. The molecule has 2 aliphatic rings. The molecule has 1 aliphatic heterocycles. The topological polar surface area (TPSA) is 104 Å². The molecular weight excluding hydrogens is 516 g/mol. The van der Waals surface area contributed by atoms with Gasteiger partial charge in [0.05, 0.1) is 30.1 Å². The summed E-state index contributed by atoms with van der Waals surface area (Å²) >= 11 is 0. The molecule has 1 fully saturated rings. The van der Waals surface area contributed by atoms with Gasteiger partial charge in [-0.15, -0.1) is 0 Å². The van der Waals surface area contributed by atoms with E-state index in [-0.39, 0.29) is 5.91 Å². The summed E-state index contributed by atoms with van der Waals surface area (Å²) < 4.78 is 4.08. The van der Waals surface area contributed by atoms with E-state index in [9.17, 15) is 9.90 Å². The number of β-amino-alcohol motifs (C(OH)–C–C–N with tert-alkyl or cyclic N) is 1. The first-order valence-corrected chi connectivity index (χ1v) is 14.3. The molecule has 2 N–H and O–H groups in total. The second-order valence-electron chi connectivity index (χ2n) is 12.0. The molecule has 1 aromatic carbocycles. The van der Waals surface area contributed by atoms with Gasteiger partial charge in [-0.25, -0.2) is 9.97 Å². The summed E-state index contributed by atoms with van der Waals surface area (Å²) in [5.74, 6) is 1.58. The molecule has 4 heterocycles. The van der Waals surface area contributed by atoms with Gasteiger partial charge in [-0.2, -0.15) is 5.10 Å². The van der Waals surface area contributed by atoms with Crippen LogP contribution in [0.5, 0.6) is 0 Å². The molecule has 4 aromatic rings. The van der Waals surface area contributed by atoms with E-state index < -0.39 is 5.60 Å². The maximum Gasteiger partial charge on any atom is 0.236 e. The number of aryl methyl sites for hydroxylation is 1. The number of nitrogens with one attached hydrogen (secondary N) is 1. The van der Waals surface area contributed by atoms with Gasteiger partial charge in [0.25, 0.3) is 0 Å². The predicted molar refractivity (Wildman–Crippen MR) is 159 cm³/mol. The van der Waals surface area contributed by atoms with Crippen LogP contribution in [0.2, 0.25) is 0 Å². The molecule has 41 heavy (non-hydrogen) atoms. The zero-order valence-corrected chi connectivity index (χ0v) is 24.2. The Labute approximate surface area is 240 Å². The van der Waals surface area contributed by atoms with Crippen LogP contribution in [0, 0.1) is 0 Å². The summed E-state index contributed by atoms with van der Waals surface area (Å²) in [6.07, 6.45) is 7.07. The highest BCUT2D eigenvalue weighted by Crippen LogP contribution is 2.44. The molecular formula is C31H38N8O2. The van der Waals surface area contributed by atoms with Crippen molar-refractivity contribution in [1.82, 2.24) is 34.1 Å². The SMILES string of the molecule is C[C@@H]1Cc2cn(C)c(-c3ccccc3)c2-c2nc(Nc3ccn(CCN4CCN(CC(C)(C)O)C(=O)C4)n3)ncc21. The number of hydrogen-bond donors (Lipinski definition) is 2. The van der Waals surface area contributed by atoms with Crippen molar-refractivity contribution in [1.29, 1.82) is 0 Å². The van der Waals surface area contributed by atoms with Crippen LogP contribution in [0.3, 0.4) is 0 Å². The number of aliphatic hydroxyl groups is 1. The van der Waals surface area contributed by atoms with Gasteiger partial charge in [0.15, 0.2) is 5.82 Å². The standard InChI is InChI=1S/C31H38N8O2/c1-21-16-23-18-36(4)29(22-8-6-5-7-9-22)27(23)28-24(21)17-32-30(34-28)33-25-10-11-39(35-25)15-13-37-12-14-38(26(40)19-37)20-31(2,3)41/h5-11,17-18,21,41H,12-16,19-20H2,1-4H3,(H,32,33,34,35)/t21-/m1/s1. The third-order valence-corrected chi connectivity index (χ3v) is 7.92. The molecule has 1 amide bonds. The molecule has 10 nitrogen and oxygen atoms in total. The van der Waals surface area contributed by atoms with E-state index in [1.807, 2.05) is 29.2 Å². The Hall–Kier alpha value is -4.02. The number of nitrogens with zero attached hydrogens (tertiary/aromatic N) is 7. The van der Waals surface area contributed by atoms with Crippen molar-refractivity contribution in [2.45, 2.75) is 45.3 Å². The first kappa shape index (κ1) is 27.2. The molecule has 0 spiro atoms. The van der Waals surface area contributed by atoms with Crippen molar-refractivity contribution in [3.63, 3.8) is 0 Å². The molecule has 0 bridgehead atoms. The third kappa shape index (κ3) is 5.75. The van der Waals surface area contributed by atoms with E-state index in [1.54, 1.807) is 18.7 Å². The summed E-state index contributed by atoms with van der Waals surface area (Å²) in [5.41, 5.74) is 6.08. The zero-order valence-electron chi connectivity index (χ0n) is 24.2. The van der Waals surface area contributed by atoms with Gasteiger partial charge in [-0.05, 0) is 37.3 Å². The number of piperazine rings is 1. The molecule has 0 unspecified atom stereocenters. The average Bonchev–Trinajstić information content (AvgIpc) is 3.51. The number of carbonyl (C=O) groups excluding carboxylic acids is 1. The normalized spacial score (nSPS) is 17.4. The number of amides is 1. The Balaban J connectivity index is 1.15. The maximum atomic E-state index is 12.5. The van der Waals surface area contributed by atoms with Crippen molar-refractivity contribution >= 4 is 17.7 Å². The van der Waals surface area contributed by atoms with Crippen LogP contribution in [-0.2, 0) is 24.8 Å². The van der Waals surface area contributed by atoms with E-state index in [1.165, 1.54) is 22.4 Å². The smallest absolute Gasteiger partial charge is 0.236 e. The van der Waals surface area contributed by atoms with E-state index in [2.05, 4.69) is 69.3 Å². The number of aromatic nitrogens is 5. The number of benzene rings is 1. The van der Waals surface area contributed by atoms with Crippen LogP contribution < -0.4 is 5.32 Å². The van der Waals surface area contributed by atoms with Gasteiger partial charge in [-0.1, -0.05) is 37.3 Å². The Kier molecular flexibility index (Phi) is 7.13. The summed E-state index contributed by atoms with van der Waals surface area (Å²) in [5, 5.41) is 18.0. The Bertz CT molecular complexity index is 1550. The lowest BCUT2D eigenvalue weighted by Crippen LogP contribution is -2.54. The summed E-state index contributed by atoms with van der Waals surface area (Å²) in [4.78, 5) is 26.1. The van der Waals surface area contributed by atoms with Crippen LogP contribution in [0.15, 0.2) is 55.0 Å². The molecule has 3 aromatic heterocycles. The molecule has 214 valence electrons.